The number of nitrogens with zero attached hydrogens (tertiary/aromatic N) is 2. The van der Waals surface area contributed by atoms with Crippen molar-refractivity contribution < 1.29 is 19.0 Å². The summed E-state index contributed by atoms with van der Waals surface area (Å²) in [5.41, 5.74) is 0.909. The van der Waals surface area contributed by atoms with Gasteiger partial charge in [-0.2, -0.15) is 5.10 Å². The molecule has 0 saturated carbocycles. The summed E-state index contributed by atoms with van der Waals surface area (Å²) in [4.78, 5) is 12.1. The van der Waals surface area contributed by atoms with E-state index in [1.165, 1.54) is 0 Å². The van der Waals surface area contributed by atoms with E-state index in [0.29, 0.717) is 49.4 Å². The molecule has 0 fully saturated rings. The lowest BCUT2D eigenvalue weighted by Crippen LogP contribution is -2.18. The fourth-order valence-electron chi connectivity index (χ4n) is 2.49. The molecule has 1 N–H and O–H groups in total. The van der Waals surface area contributed by atoms with Crippen LogP contribution in [0.3, 0.4) is 0 Å². The van der Waals surface area contributed by atoms with Crippen molar-refractivity contribution in [2.75, 3.05) is 32.8 Å². The molecule has 0 aliphatic heterocycles. The number of amides is 1. The molecule has 1 aromatic carbocycles. The summed E-state index contributed by atoms with van der Waals surface area (Å²) in [6.45, 7) is 5.66. The van der Waals surface area contributed by atoms with E-state index >= 15 is 0 Å². The minimum absolute atomic E-state index is 0.104. The van der Waals surface area contributed by atoms with E-state index in [0.717, 1.165) is 5.56 Å². The molecule has 1 aromatic heterocycles. The van der Waals surface area contributed by atoms with Crippen molar-refractivity contribution in [3.63, 3.8) is 0 Å². The molecule has 0 unspecified atom stereocenters. The maximum atomic E-state index is 12.1. The summed E-state index contributed by atoms with van der Waals surface area (Å²) < 4.78 is 17.9. The van der Waals surface area contributed by atoms with Crippen LogP contribution in [0.4, 0.5) is 5.82 Å². The molecule has 1 heterocycles. The van der Waals surface area contributed by atoms with Gasteiger partial charge in [0.05, 0.1) is 40.0 Å². The minimum atomic E-state index is -0.104. The van der Waals surface area contributed by atoms with Crippen LogP contribution in [0.2, 0.25) is 0 Å². The summed E-state index contributed by atoms with van der Waals surface area (Å²) in [6, 6.07) is 7.43. The predicted molar refractivity (Wildman–Crippen MR) is 99.8 cm³/mol. The Labute approximate surface area is 154 Å². The molecule has 142 valence electrons. The van der Waals surface area contributed by atoms with Gasteiger partial charge < -0.3 is 19.5 Å². The van der Waals surface area contributed by atoms with Crippen molar-refractivity contribution in [3.05, 3.63) is 36.0 Å². The van der Waals surface area contributed by atoms with Gasteiger partial charge in [-0.05, 0) is 12.0 Å². The van der Waals surface area contributed by atoms with Crippen LogP contribution in [0, 0.1) is 5.92 Å². The Morgan fingerprint density at radius 2 is 2.04 bits per heavy atom. The van der Waals surface area contributed by atoms with Crippen molar-refractivity contribution in [1.29, 1.82) is 0 Å². The van der Waals surface area contributed by atoms with E-state index in [1.54, 1.807) is 31.2 Å². The van der Waals surface area contributed by atoms with E-state index < -0.39 is 0 Å². The van der Waals surface area contributed by atoms with Crippen LogP contribution in [-0.2, 0) is 16.1 Å². The second-order valence-corrected chi connectivity index (χ2v) is 6.29. The third kappa shape index (κ3) is 5.49. The molecule has 0 radical (unpaired) electrons. The van der Waals surface area contributed by atoms with Crippen molar-refractivity contribution in [1.82, 2.24) is 9.78 Å². The first kappa shape index (κ1) is 19.8. The Balaban J connectivity index is 1.99. The summed E-state index contributed by atoms with van der Waals surface area (Å²) >= 11 is 0. The molecule has 2 rings (SSSR count). The summed E-state index contributed by atoms with van der Waals surface area (Å²) in [6.07, 6.45) is 1.96. The molecule has 2 aromatic rings. The number of methoxy groups -OCH3 is 2. The van der Waals surface area contributed by atoms with E-state index in [2.05, 4.69) is 24.3 Å². The lowest BCUT2D eigenvalue weighted by atomic mass is 10.2. The zero-order valence-corrected chi connectivity index (χ0v) is 15.8. The number of benzene rings is 1. The first-order chi connectivity index (χ1) is 12.5. The van der Waals surface area contributed by atoms with Gasteiger partial charge in [-0.3, -0.25) is 4.79 Å². The number of anilines is 1. The van der Waals surface area contributed by atoms with Gasteiger partial charge in [-0.25, -0.2) is 4.68 Å². The quantitative estimate of drug-likeness (QED) is 0.659. The summed E-state index contributed by atoms with van der Waals surface area (Å²) in [5.74, 6) is 2.30. The molecule has 0 aliphatic rings. The lowest BCUT2D eigenvalue weighted by Gasteiger charge is -2.14. The van der Waals surface area contributed by atoms with Crippen LogP contribution in [0.5, 0.6) is 11.5 Å². The Bertz CT molecular complexity index is 713. The molecule has 0 saturated heterocycles. The van der Waals surface area contributed by atoms with Gasteiger partial charge in [0.1, 0.15) is 5.82 Å². The Morgan fingerprint density at radius 1 is 1.23 bits per heavy atom. The molecule has 0 aliphatic carbocycles. The Morgan fingerprint density at radius 3 is 2.73 bits per heavy atom. The van der Waals surface area contributed by atoms with Crippen molar-refractivity contribution in [2.45, 2.75) is 26.8 Å². The van der Waals surface area contributed by atoms with E-state index in [-0.39, 0.29) is 5.91 Å². The van der Waals surface area contributed by atoms with Gasteiger partial charge in [0.25, 0.3) is 0 Å². The largest absolute Gasteiger partial charge is 0.493 e. The first-order valence-electron chi connectivity index (χ1n) is 8.64. The highest BCUT2D eigenvalue weighted by molar-refractivity contribution is 5.89. The minimum Gasteiger partial charge on any atom is -0.493 e. The molecule has 1 amide bonds. The number of carbonyl (C=O) groups is 1. The highest BCUT2D eigenvalue weighted by Crippen LogP contribution is 2.31. The third-order valence-corrected chi connectivity index (χ3v) is 3.71. The average molecular weight is 361 g/mol. The molecule has 0 spiro atoms. The second-order valence-electron chi connectivity index (χ2n) is 6.29. The highest BCUT2D eigenvalue weighted by Gasteiger charge is 2.13. The molecule has 7 heteroatoms. The fraction of sp³-hybridized carbons (Fsp3) is 0.474. The standard InChI is InChI=1S/C19H27N3O4/c1-14(2)13-26-11-9-18(23)21-17-8-10-20-22(17)12-15-6-5-7-16(24-3)19(15)25-4/h5-8,10,14H,9,11-13H2,1-4H3,(H,21,23). The van der Waals surface area contributed by atoms with Crippen molar-refractivity contribution in [3.8, 4) is 11.5 Å². The average Bonchev–Trinajstić information content (AvgIpc) is 3.05. The second kappa shape index (κ2) is 9.82. The van der Waals surface area contributed by atoms with E-state index in [9.17, 15) is 4.79 Å². The van der Waals surface area contributed by atoms with Crippen LogP contribution < -0.4 is 14.8 Å². The van der Waals surface area contributed by atoms with Crippen molar-refractivity contribution >= 4 is 11.7 Å². The lowest BCUT2D eigenvalue weighted by molar-refractivity contribution is -0.117. The zero-order valence-electron chi connectivity index (χ0n) is 15.8. The maximum Gasteiger partial charge on any atom is 0.227 e. The number of hydrogen-bond acceptors (Lipinski definition) is 5. The Kier molecular flexibility index (Phi) is 7.47. The van der Waals surface area contributed by atoms with Crippen LogP contribution in [0.25, 0.3) is 0 Å². The van der Waals surface area contributed by atoms with Gasteiger partial charge in [-0.15, -0.1) is 0 Å². The van der Waals surface area contributed by atoms with Crippen LogP contribution >= 0.6 is 0 Å². The molecule has 0 atom stereocenters. The number of aromatic nitrogens is 2. The van der Waals surface area contributed by atoms with Crippen LogP contribution in [-0.4, -0.2) is 43.1 Å². The summed E-state index contributed by atoms with van der Waals surface area (Å²) in [5, 5.41) is 7.16. The van der Waals surface area contributed by atoms with E-state index in [1.807, 2.05) is 18.2 Å². The molecular weight excluding hydrogens is 334 g/mol. The first-order valence-corrected chi connectivity index (χ1v) is 8.64. The monoisotopic (exact) mass is 361 g/mol. The van der Waals surface area contributed by atoms with Crippen LogP contribution in [0.15, 0.2) is 30.5 Å². The number of nitrogens with one attached hydrogen (secondary N) is 1. The SMILES string of the molecule is COc1cccc(Cn2nccc2NC(=O)CCOCC(C)C)c1OC. The van der Waals surface area contributed by atoms with Gasteiger partial charge in [-0.1, -0.05) is 26.0 Å². The molecule has 0 bridgehead atoms. The van der Waals surface area contributed by atoms with Crippen molar-refractivity contribution in [2.24, 2.45) is 5.92 Å². The Hall–Kier alpha value is -2.54. The number of para-hydroxylation sites is 1. The highest BCUT2D eigenvalue weighted by atomic mass is 16.5. The van der Waals surface area contributed by atoms with Gasteiger partial charge in [0.2, 0.25) is 5.91 Å². The predicted octanol–water partition coefficient (Wildman–Crippen LogP) is 2.95. The topological polar surface area (TPSA) is 74.6 Å². The fourth-order valence-corrected chi connectivity index (χ4v) is 2.49. The zero-order chi connectivity index (χ0) is 18.9. The van der Waals surface area contributed by atoms with Gasteiger partial charge in [0.15, 0.2) is 11.5 Å². The van der Waals surface area contributed by atoms with E-state index in [4.69, 9.17) is 14.2 Å². The number of hydrogen-bond donors (Lipinski definition) is 1. The number of carbonyl (C=O) groups excluding carboxylic acids is 1. The van der Waals surface area contributed by atoms with Gasteiger partial charge >= 0.3 is 0 Å². The molecular formula is C19H27N3O4. The number of rotatable bonds is 10. The molecule has 7 nitrogen and oxygen atoms in total. The maximum absolute atomic E-state index is 12.1. The third-order valence-electron chi connectivity index (χ3n) is 3.71. The molecule has 26 heavy (non-hydrogen) atoms. The normalized spacial score (nSPS) is 10.8. The summed E-state index contributed by atoms with van der Waals surface area (Å²) in [7, 11) is 3.20. The van der Waals surface area contributed by atoms with Crippen LogP contribution in [0.1, 0.15) is 25.8 Å². The number of ether oxygens (including phenoxy) is 3. The smallest absolute Gasteiger partial charge is 0.227 e. The van der Waals surface area contributed by atoms with Gasteiger partial charge in [0, 0.05) is 18.2 Å².